The van der Waals surface area contributed by atoms with Crippen LogP contribution >= 0.6 is 0 Å². The normalized spacial score (nSPS) is 15.2. The molecule has 0 fully saturated rings. The zero-order valence-electron chi connectivity index (χ0n) is 13.7. The van der Waals surface area contributed by atoms with Crippen LogP contribution in [0.1, 0.15) is 54.4 Å². The Labute approximate surface area is 126 Å². The minimum atomic E-state index is -0.727. The molecule has 0 heterocycles. The van der Waals surface area contributed by atoms with Crippen molar-refractivity contribution in [2.75, 3.05) is 0 Å². The molecule has 0 aromatic rings. The van der Waals surface area contributed by atoms with Crippen molar-refractivity contribution in [2.24, 2.45) is 0 Å². The van der Waals surface area contributed by atoms with E-state index in [4.69, 9.17) is 9.47 Å². The minimum absolute atomic E-state index is 0.491. The fraction of sp³-hybridized carbons (Fsp3) is 0.625. The number of rotatable bonds is 1. The summed E-state index contributed by atoms with van der Waals surface area (Å²) >= 11 is 0. The average Bonchev–Trinajstić information content (AvgIpc) is 2.25. The molecule has 1 aliphatic carbocycles. The Bertz CT molecular complexity index is 436. The van der Waals surface area contributed by atoms with Crippen LogP contribution in [-0.2, 0) is 9.47 Å². The fourth-order valence-corrected chi connectivity index (χ4v) is 1.67. The van der Waals surface area contributed by atoms with E-state index in [0.717, 1.165) is 17.7 Å². The Balaban J connectivity index is 3.00. The van der Waals surface area contributed by atoms with Gasteiger partial charge in [-0.1, -0.05) is 12.2 Å². The standard InChI is InChI=1S/C16H25NO4/c1-15(2,3)20-13(18)17(12-10-8-7-9-11-12)14(19)21-16(4,5)6/h8,10-11H,7,9H2,1-6H3. The van der Waals surface area contributed by atoms with Gasteiger partial charge in [-0.3, -0.25) is 0 Å². The van der Waals surface area contributed by atoms with Gasteiger partial charge in [0.25, 0.3) is 0 Å². The van der Waals surface area contributed by atoms with Gasteiger partial charge in [0, 0.05) is 0 Å². The van der Waals surface area contributed by atoms with Gasteiger partial charge in [0.15, 0.2) is 0 Å². The number of hydrogen-bond acceptors (Lipinski definition) is 4. The quantitative estimate of drug-likeness (QED) is 0.719. The van der Waals surface area contributed by atoms with Gasteiger partial charge in [-0.2, -0.15) is 4.90 Å². The van der Waals surface area contributed by atoms with Gasteiger partial charge in [-0.05, 0) is 60.5 Å². The van der Waals surface area contributed by atoms with Crippen molar-refractivity contribution in [3.8, 4) is 0 Å². The van der Waals surface area contributed by atoms with Gasteiger partial charge < -0.3 is 9.47 Å². The van der Waals surface area contributed by atoms with E-state index in [1.54, 1.807) is 47.6 Å². The van der Waals surface area contributed by atoms with Crippen LogP contribution in [0.4, 0.5) is 9.59 Å². The van der Waals surface area contributed by atoms with Crippen molar-refractivity contribution in [2.45, 2.75) is 65.6 Å². The molecule has 0 saturated carbocycles. The molecule has 0 saturated heterocycles. The van der Waals surface area contributed by atoms with Crippen LogP contribution < -0.4 is 0 Å². The van der Waals surface area contributed by atoms with E-state index in [2.05, 4.69) is 0 Å². The van der Waals surface area contributed by atoms with Crippen LogP contribution in [0.2, 0.25) is 0 Å². The molecule has 5 heteroatoms. The fourth-order valence-electron chi connectivity index (χ4n) is 1.67. The summed E-state index contributed by atoms with van der Waals surface area (Å²) in [5.74, 6) is 0. The summed E-state index contributed by atoms with van der Waals surface area (Å²) in [5.41, 5.74) is -0.878. The van der Waals surface area contributed by atoms with E-state index in [-0.39, 0.29) is 0 Å². The highest BCUT2D eigenvalue weighted by atomic mass is 16.6. The molecule has 0 atom stereocenters. The lowest BCUT2D eigenvalue weighted by atomic mass is 10.1. The first-order valence-electron chi connectivity index (χ1n) is 7.12. The second-order valence-electron chi connectivity index (χ2n) is 6.90. The average molecular weight is 295 g/mol. The van der Waals surface area contributed by atoms with Crippen LogP contribution in [0.3, 0.4) is 0 Å². The van der Waals surface area contributed by atoms with E-state index in [1.165, 1.54) is 0 Å². The highest BCUT2D eigenvalue weighted by Gasteiger charge is 2.33. The molecular weight excluding hydrogens is 270 g/mol. The first-order chi connectivity index (χ1) is 9.49. The maximum atomic E-state index is 12.3. The van der Waals surface area contributed by atoms with Crippen LogP contribution in [0, 0.1) is 0 Å². The summed E-state index contributed by atoms with van der Waals surface area (Å²) in [5, 5.41) is 0. The molecule has 0 N–H and O–H groups in total. The van der Waals surface area contributed by atoms with Crippen molar-refractivity contribution in [3.05, 3.63) is 23.9 Å². The molecular formula is C16H25NO4. The molecule has 1 aliphatic rings. The monoisotopic (exact) mass is 295 g/mol. The third-order valence-electron chi connectivity index (χ3n) is 2.39. The summed E-state index contributed by atoms with van der Waals surface area (Å²) in [6.07, 6.45) is 5.68. The number of ether oxygens (including phenoxy) is 2. The Morgan fingerprint density at radius 3 is 1.76 bits per heavy atom. The summed E-state index contributed by atoms with van der Waals surface area (Å²) in [7, 11) is 0. The molecule has 0 radical (unpaired) electrons. The zero-order valence-corrected chi connectivity index (χ0v) is 13.7. The summed E-state index contributed by atoms with van der Waals surface area (Å²) in [4.78, 5) is 25.6. The van der Waals surface area contributed by atoms with Gasteiger partial charge in [0.1, 0.15) is 11.2 Å². The topological polar surface area (TPSA) is 55.8 Å². The molecule has 21 heavy (non-hydrogen) atoms. The van der Waals surface area contributed by atoms with Gasteiger partial charge in [0.05, 0.1) is 5.70 Å². The molecule has 118 valence electrons. The predicted octanol–water partition coefficient (Wildman–Crippen LogP) is 4.39. The Kier molecular flexibility index (Phi) is 5.20. The van der Waals surface area contributed by atoms with E-state index in [1.807, 2.05) is 12.2 Å². The van der Waals surface area contributed by atoms with Crippen LogP contribution in [-0.4, -0.2) is 28.3 Å². The zero-order chi connectivity index (χ0) is 16.3. The largest absolute Gasteiger partial charge is 0.443 e. The summed E-state index contributed by atoms with van der Waals surface area (Å²) in [6.45, 7) is 10.5. The lowest BCUT2D eigenvalue weighted by Gasteiger charge is -2.29. The number of amides is 2. The molecule has 0 bridgehead atoms. The smallest absolute Gasteiger partial charge is 0.424 e. The molecule has 2 amide bonds. The first kappa shape index (κ1) is 17.3. The first-order valence-corrected chi connectivity index (χ1v) is 7.12. The number of nitrogens with zero attached hydrogens (tertiary/aromatic N) is 1. The Morgan fingerprint density at radius 1 is 0.952 bits per heavy atom. The maximum Gasteiger partial charge on any atom is 0.424 e. The second kappa shape index (κ2) is 6.33. The molecule has 0 unspecified atom stereocenters. The lowest BCUT2D eigenvalue weighted by molar-refractivity contribution is 0.00892. The lowest BCUT2D eigenvalue weighted by Crippen LogP contribution is -2.42. The highest BCUT2D eigenvalue weighted by molar-refractivity contribution is 5.91. The SMILES string of the molecule is CC(C)(C)OC(=O)N(C(=O)OC(C)(C)C)C1=CCCC=C1. The molecule has 0 aromatic carbocycles. The van der Waals surface area contributed by atoms with Gasteiger partial charge >= 0.3 is 12.2 Å². The van der Waals surface area contributed by atoms with Crippen molar-refractivity contribution in [3.63, 3.8) is 0 Å². The van der Waals surface area contributed by atoms with Crippen LogP contribution in [0.15, 0.2) is 23.9 Å². The Hall–Kier alpha value is -1.78. The van der Waals surface area contributed by atoms with E-state index >= 15 is 0 Å². The third-order valence-corrected chi connectivity index (χ3v) is 2.39. The number of allylic oxidation sites excluding steroid dienone is 3. The number of carbonyl (C=O) groups is 2. The van der Waals surface area contributed by atoms with E-state index in [9.17, 15) is 9.59 Å². The minimum Gasteiger partial charge on any atom is -0.443 e. The van der Waals surface area contributed by atoms with Crippen molar-refractivity contribution < 1.29 is 19.1 Å². The van der Waals surface area contributed by atoms with E-state index < -0.39 is 23.4 Å². The van der Waals surface area contributed by atoms with Crippen molar-refractivity contribution >= 4 is 12.2 Å². The molecule has 0 spiro atoms. The van der Waals surface area contributed by atoms with Crippen molar-refractivity contribution in [1.29, 1.82) is 0 Å². The molecule has 0 aromatic heterocycles. The van der Waals surface area contributed by atoms with Gasteiger partial charge in [0.2, 0.25) is 0 Å². The van der Waals surface area contributed by atoms with Gasteiger partial charge in [-0.25, -0.2) is 9.59 Å². The number of hydrogen-bond donors (Lipinski definition) is 0. The van der Waals surface area contributed by atoms with Crippen LogP contribution in [0.25, 0.3) is 0 Å². The highest BCUT2D eigenvalue weighted by Crippen LogP contribution is 2.21. The Morgan fingerprint density at radius 2 is 1.43 bits per heavy atom. The maximum absolute atomic E-state index is 12.3. The van der Waals surface area contributed by atoms with Crippen molar-refractivity contribution in [1.82, 2.24) is 4.90 Å². The molecule has 0 aliphatic heterocycles. The molecule has 1 rings (SSSR count). The van der Waals surface area contributed by atoms with Gasteiger partial charge in [-0.15, -0.1) is 0 Å². The third kappa shape index (κ3) is 6.02. The predicted molar refractivity (Wildman–Crippen MR) is 80.8 cm³/mol. The summed E-state index contributed by atoms with van der Waals surface area (Å²) < 4.78 is 10.6. The summed E-state index contributed by atoms with van der Waals surface area (Å²) in [6, 6.07) is 0. The van der Waals surface area contributed by atoms with E-state index in [0.29, 0.717) is 5.70 Å². The molecule has 5 nitrogen and oxygen atoms in total. The number of carbonyl (C=O) groups excluding carboxylic acids is 2. The van der Waals surface area contributed by atoms with Crippen LogP contribution in [0.5, 0.6) is 0 Å². The second-order valence-corrected chi connectivity index (χ2v) is 6.90. The number of imide groups is 1.